The molecule has 3 aromatic rings. The number of fused-ring (bicyclic) bond motifs is 2. The Morgan fingerprint density at radius 2 is 1.87 bits per heavy atom. The Morgan fingerprint density at radius 3 is 2.65 bits per heavy atom. The third-order valence-corrected chi connectivity index (χ3v) is 5.81. The first-order valence-electron chi connectivity index (χ1n) is 8.11. The zero-order valence-corrected chi connectivity index (χ0v) is 14.1. The van der Waals surface area contributed by atoms with Gasteiger partial charge in [-0.15, -0.1) is 11.3 Å². The summed E-state index contributed by atoms with van der Waals surface area (Å²) in [6.07, 6.45) is 5.85. The molecule has 2 heterocycles. The Bertz CT molecular complexity index is 852. The fourth-order valence-corrected chi connectivity index (χ4v) is 4.40. The van der Waals surface area contributed by atoms with Crippen molar-refractivity contribution < 1.29 is 4.74 Å². The van der Waals surface area contributed by atoms with E-state index >= 15 is 0 Å². The van der Waals surface area contributed by atoms with E-state index in [9.17, 15) is 0 Å². The molecule has 0 spiro atoms. The molecule has 0 atom stereocenters. The van der Waals surface area contributed by atoms with Gasteiger partial charge in [-0.3, -0.25) is 4.98 Å². The van der Waals surface area contributed by atoms with Gasteiger partial charge in [-0.05, 0) is 67.1 Å². The molecule has 1 aliphatic carbocycles. The van der Waals surface area contributed by atoms with Crippen LogP contribution in [0.5, 0.6) is 5.75 Å². The molecule has 0 saturated carbocycles. The van der Waals surface area contributed by atoms with Crippen LogP contribution in [-0.2, 0) is 12.8 Å². The van der Waals surface area contributed by atoms with Crippen molar-refractivity contribution in [3.63, 3.8) is 0 Å². The first-order valence-corrected chi connectivity index (χ1v) is 8.93. The number of nitrogens with zero attached hydrogens (tertiary/aromatic N) is 1. The maximum absolute atomic E-state index is 6.50. The van der Waals surface area contributed by atoms with Crippen LogP contribution in [0.15, 0.2) is 30.3 Å². The maximum atomic E-state index is 6.50. The highest BCUT2D eigenvalue weighted by molar-refractivity contribution is 7.22. The van der Waals surface area contributed by atoms with Crippen molar-refractivity contribution in [3.05, 3.63) is 41.6 Å². The number of hydrogen-bond donors (Lipinski definition) is 1. The van der Waals surface area contributed by atoms with Crippen molar-refractivity contribution in [2.24, 2.45) is 0 Å². The van der Waals surface area contributed by atoms with Crippen molar-refractivity contribution in [3.8, 4) is 16.2 Å². The molecular formula is C19H20N2OS. The number of anilines is 1. The molecule has 0 radical (unpaired) electrons. The summed E-state index contributed by atoms with van der Waals surface area (Å²) in [5.41, 5.74) is 12.2. The third-order valence-electron chi connectivity index (χ3n) is 4.60. The minimum atomic E-state index is 0.874. The lowest BCUT2D eigenvalue weighted by atomic mass is 10.1. The van der Waals surface area contributed by atoms with Gasteiger partial charge in [0.1, 0.15) is 5.75 Å². The van der Waals surface area contributed by atoms with Crippen LogP contribution in [0.4, 0.5) is 5.69 Å². The van der Waals surface area contributed by atoms with Gasteiger partial charge >= 0.3 is 0 Å². The Morgan fingerprint density at radius 1 is 1.09 bits per heavy atom. The van der Waals surface area contributed by atoms with Crippen molar-refractivity contribution in [1.82, 2.24) is 4.98 Å². The van der Waals surface area contributed by atoms with Gasteiger partial charge in [0.2, 0.25) is 0 Å². The zero-order valence-electron chi connectivity index (χ0n) is 13.3. The number of nitrogen functional groups attached to an aromatic ring is 1. The molecule has 1 aliphatic rings. The van der Waals surface area contributed by atoms with E-state index in [2.05, 4.69) is 18.2 Å². The number of aromatic nitrogens is 1. The lowest BCUT2D eigenvalue weighted by molar-refractivity contribution is 0.415. The van der Waals surface area contributed by atoms with E-state index in [1.165, 1.54) is 41.0 Å². The van der Waals surface area contributed by atoms with E-state index in [1.807, 2.05) is 12.1 Å². The molecule has 0 bridgehead atoms. The summed E-state index contributed by atoms with van der Waals surface area (Å²) in [4.78, 5) is 6.13. The normalized spacial score (nSPS) is 14.5. The maximum Gasteiger partial charge on any atom is 0.118 e. The Labute approximate surface area is 140 Å². The molecule has 0 fully saturated rings. The van der Waals surface area contributed by atoms with E-state index in [4.69, 9.17) is 15.5 Å². The van der Waals surface area contributed by atoms with Gasteiger partial charge in [0.05, 0.1) is 23.0 Å². The summed E-state index contributed by atoms with van der Waals surface area (Å²) in [5, 5.41) is 0. The predicted molar refractivity (Wildman–Crippen MR) is 97.3 cm³/mol. The van der Waals surface area contributed by atoms with Crippen LogP contribution in [0.25, 0.3) is 20.7 Å². The summed E-state index contributed by atoms with van der Waals surface area (Å²) in [5.74, 6) is 0.874. The highest BCUT2D eigenvalue weighted by atomic mass is 32.1. The number of hydrogen-bond acceptors (Lipinski definition) is 4. The highest BCUT2D eigenvalue weighted by Gasteiger charge is 2.17. The molecule has 23 heavy (non-hydrogen) atoms. The van der Waals surface area contributed by atoms with Gasteiger partial charge in [-0.2, -0.15) is 0 Å². The van der Waals surface area contributed by atoms with E-state index in [1.54, 1.807) is 18.4 Å². The van der Waals surface area contributed by atoms with E-state index in [0.29, 0.717) is 0 Å². The minimum absolute atomic E-state index is 0.874. The molecule has 0 unspecified atom stereocenters. The van der Waals surface area contributed by atoms with E-state index in [0.717, 1.165) is 34.5 Å². The average Bonchev–Trinajstić information content (AvgIpc) is 2.86. The molecular weight excluding hydrogens is 304 g/mol. The molecule has 4 rings (SSSR count). The van der Waals surface area contributed by atoms with Crippen molar-refractivity contribution in [2.75, 3.05) is 12.8 Å². The standard InChI is InChI=1S/C19H20N2OS/c1-22-13-9-7-12(8-10-13)17-11-16-19(23-17)18(20)14-5-3-2-4-6-15(14)21-16/h7-11H,2-6H2,1H3,(H2,20,21). The fraction of sp³-hybridized carbons (Fsp3) is 0.316. The van der Waals surface area contributed by atoms with Gasteiger partial charge in [0.25, 0.3) is 0 Å². The Kier molecular flexibility index (Phi) is 3.69. The smallest absolute Gasteiger partial charge is 0.118 e. The number of pyridine rings is 1. The molecule has 0 aliphatic heterocycles. The second-order valence-corrected chi connectivity index (χ2v) is 7.12. The lowest BCUT2D eigenvalue weighted by Gasteiger charge is -2.08. The molecule has 2 aromatic heterocycles. The summed E-state index contributed by atoms with van der Waals surface area (Å²) in [7, 11) is 1.69. The summed E-state index contributed by atoms with van der Waals surface area (Å²) in [6, 6.07) is 10.3. The molecule has 3 nitrogen and oxygen atoms in total. The van der Waals surface area contributed by atoms with Crippen LogP contribution in [0.2, 0.25) is 0 Å². The number of methoxy groups -OCH3 is 1. The SMILES string of the molecule is COc1ccc(-c2cc3nc4c(c(N)c3s2)CCCCC4)cc1. The second-order valence-electron chi connectivity index (χ2n) is 6.06. The summed E-state index contributed by atoms with van der Waals surface area (Å²) < 4.78 is 6.37. The number of nitrogens with two attached hydrogens (primary N) is 1. The highest BCUT2D eigenvalue weighted by Crippen LogP contribution is 2.39. The number of thiophene rings is 1. The van der Waals surface area contributed by atoms with Crippen LogP contribution in [0, 0.1) is 0 Å². The number of benzene rings is 1. The Balaban J connectivity index is 1.82. The largest absolute Gasteiger partial charge is 0.497 e. The molecule has 2 N–H and O–H groups in total. The van der Waals surface area contributed by atoms with Crippen LogP contribution in [0.1, 0.15) is 30.5 Å². The van der Waals surface area contributed by atoms with Gasteiger partial charge < -0.3 is 10.5 Å². The quantitative estimate of drug-likeness (QED) is 0.687. The van der Waals surface area contributed by atoms with Gasteiger partial charge in [-0.1, -0.05) is 6.42 Å². The molecule has 118 valence electrons. The zero-order chi connectivity index (χ0) is 15.8. The van der Waals surface area contributed by atoms with Crippen molar-refractivity contribution in [2.45, 2.75) is 32.1 Å². The molecule has 4 heteroatoms. The Hall–Kier alpha value is -2.07. The molecule has 0 amide bonds. The van der Waals surface area contributed by atoms with Crippen molar-refractivity contribution >= 4 is 27.2 Å². The summed E-state index contributed by atoms with van der Waals surface area (Å²) >= 11 is 1.74. The number of aryl methyl sites for hydroxylation is 1. The minimum Gasteiger partial charge on any atom is -0.497 e. The second kappa shape index (κ2) is 5.85. The van der Waals surface area contributed by atoms with Crippen molar-refractivity contribution in [1.29, 1.82) is 0 Å². The lowest BCUT2D eigenvalue weighted by Crippen LogP contribution is -2.01. The predicted octanol–water partition coefficient (Wildman–Crippen LogP) is 4.82. The van der Waals surface area contributed by atoms with E-state index < -0.39 is 0 Å². The first kappa shape index (κ1) is 14.5. The number of ether oxygens (including phenoxy) is 1. The van der Waals surface area contributed by atoms with Gasteiger partial charge in [-0.25, -0.2) is 0 Å². The van der Waals surface area contributed by atoms with Crippen LogP contribution in [0.3, 0.4) is 0 Å². The molecule has 0 saturated heterocycles. The van der Waals surface area contributed by atoms with Gasteiger partial charge in [0, 0.05) is 10.6 Å². The van der Waals surface area contributed by atoms with Crippen LogP contribution in [-0.4, -0.2) is 12.1 Å². The summed E-state index contributed by atoms with van der Waals surface area (Å²) in [6.45, 7) is 0. The third kappa shape index (κ3) is 2.57. The monoisotopic (exact) mass is 324 g/mol. The van der Waals surface area contributed by atoms with Gasteiger partial charge in [0.15, 0.2) is 0 Å². The topological polar surface area (TPSA) is 48.1 Å². The number of rotatable bonds is 2. The van der Waals surface area contributed by atoms with Crippen LogP contribution < -0.4 is 10.5 Å². The average molecular weight is 324 g/mol. The first-order chi connectivity index (χ1) is 11.3. The molecule has 1 aromatic carbocycles. The fourth-order valence-electron chi connectivity index (χ4n) is 3.32. The van der Waals surface area contributed by atoms with Crippen LogP contribution >= 0.6 is 11.3 Å². The van der Waals surface area contributed by atoms with E-state index in [-0.39, 0.29) is 0 Å².